The van der Waals surface area contributed by atoms with Gasteiger partial charge in [0, 0.05) is 11.8 Å². The van der Waals surface area contributed by atoms with Crippen LogP contribution in [-0.4, -0.2) is 16.1 Å². The zero-order valence-electron chi connectivity index (χ0n) is 18.0. The highest BCUT2D eigenvalue weighted by Gasteiger charge is 2.18. The van der Waals surface area contributed by atoms with Gasteiger partial charge in [-0.05, 0) is 47.6 Å². The summed E-state index contributed by atoms with van der Waals surface area (Å²) < 4.78 is 0. The Balaban J connectivity index is 1.70. The molecule has 0 aliphatic rings. The summed E-state index contributed by atoms with van der Waals surface area (Å²) in [5.41, 5.74) is 6.46. The quantitative estimate of drug-likeness (QED) is 0.368. The summed E-state index contributed by atoms with van der Waals surface area (Å²) in [4.78, 5) is 16.1. The molecule has 2 aromatic carbocycles. The lowest BCUT2D eigenvalue weighted by Gasteiger charge is -2.12. The molecule has 0 radical (unpaired) electrons. The van der Waals surface area contributed by atoms with Crippen LogP contribution in [0.25, 0.3) is 22.4 Å². The lowest BCUT2D eigenvalue weighted by atomic mass is 9.92. The topological polar surface area (TPSA) is 50.2 Å². The van der Waals surface area contributed by atoms with Gasteiger partial charge in [0.2, 0.25) is 0 Å². The summed E-state index contributed by atoms with van der Waals surface area (Å²) in [7, 11) is 0. The molecule has 0 amide bonds. The molecule has 3 rings (SSSR count). The molecule has 0 saturated heterocycles. The molecular formula is C27H31NO2. The molecule has 1 N–H and O–H groups in total. The summed E-state index contributed by atoms with van der Waals surface area (Å²) >= 11 is 0. The van der Waals surface area contributed by atoms with E-state index in [2.05, 4.69) is 48.3 Å². The van der Waals surface area contributed by atoms with Crippen LogP contribution in [-0.2, 0) is 11.2 Å². The Labute approximate surface area is 179 Å². The van der Waals surface area contributed by atoms with Crippen molar-refractivity contribution >= 4 is 5.97 Å². The first kappa shape index (κ1) is 21.8. The molecule has 0 bridgehead atoms. The fourth-order valence-electron chi connectivity index (χ4n) is 3.78. The van der Waals surface area contributed by atoms with Crippen LogP contribution < -0.4 is 0 Å². The smallest absolute Gasteiger partial charge is 0.310 e. The predicted molar refractivity (Wildman–Crippen MR) is 124 cm³/mol. The molecule has 156 valence electrons. The van der Waals surface area contributed by atoms with Crippen molar-refractivity contribution in [2.24, 2.45) is 0 Å². The van der Waals surface area contributed by atoms with E-state index in [4.69, 9.17) is 0 Å². The van der Waals surface area contributed by atoms with Crippen molar-refractivity contribution < 1.29 is 9.90 Å². The van der Waals surface area contributed by atoms with Crippen molar-refractivity contribution in [3.8, 4) is 22.4 Å². The Kier molecular flexibility index (Phi) is 7.78. The van der Waals surface area contributed by atoms with Crippen LogP contribution in [0.4, 0.5) is 0 Å². The second kappa shape index (κ2) is 10.7. The average molecular weight is 402 g/mol. The fraction of sp³-hybridized carbons (Fsp3) is 0.333. The van der Waals surface area contributed by atoms with Gasteiger partial charge in [0.25, 0.3) is 0 Å². The van der Waals surface area contributed by atoms with E-state index in [0.29, 0.717) is 6.42 Å². The largest absolute Gasteiger partial charge is 0.481 e. The van der Waals surface area contributed by atoms with Crippen molar-refractivity contribution in [3.63, 3.8) is 0 Å². The summed E-state index contributed by atoms with van der Waals surface area (Å²) in [6.45, 7) is 4.24. The van der Waals surface area contributed by atoms with E-state index in [0.717, 1.165) is 40.8 Å². The van der Waals surface area contributed by atoms with E-state index >= 15 is 0 Å². The molecular weight excluding hydrogens is 370 g/mol. The van der Waals surface area contributed by atoms with Crippen molar-refractivity contribution in [2.75, 3.05) is 0 Å². The Morgan fingerprint density at radius 1 is 0.833 bits per heavy atom. The Morgan fingerprint density at radius 3 is 2.00 bits per heavy atom. The number of aliphatic carboxylic acids is 1. The minimum Gasteiger partial charge on any atom is -0.481 e. The van der Waals surface area contributed by atoms with Crippen LogP contribution >= 0.6 is 0 Å². The van der Waals surface area contributed by atoms with Gasteiger partial charge < -0.3 is 5.11 Å². The number of rotatable bonds is 10. The van der Waals surface area contributed by atoms with Crippen LogP contribution in [0, 0.1) is 0 Å². The maximum absolute atomic E-state index is 11.5. The number of nitrogens with zero attached hydrogens (tertiary/aromatic N) is 1. The normalized spacial score (nSPS) is 11.9. The Hall–Kier alpha value is -2.94. The van der Waals surface area contributed by atoms with Crippen LogP contribution in [0.15, 0.2) is 66.9 Å². The minimum atomic E-state index is -0.752. The molecule has 3 nitrogen and oxygen atoms in total. The van der Waals surface area contributed by atoms with Crippen LogP contribution in [0.5, 0.6) is 0 Å². The molecule has 3 aromatic rings. The molecule has 1 heterocycles. The van der Waals surface area contributed by atoms with Gasteiger partial charge in [0.15, 0.2) is 0 Å². The molecule has 30 heavy (non-hydrogen) atoms. The first-order valence-electron chi connectivity index (χ1n) is 11.0. The highest BCUT2D eigenvalue weighted by atomic mass is 16.4. The summed E-state index contributed by atoms with van der Waals surface area (Å²) in [6.07, 6.45) is 8.32. The van der Waals surface area contributed by atoms with Gasteiger partial charge in [0.05, 0.1) is 11.6 Å². The SMILES string of the molecule is CCCCCc1ccc(-c2ccc(-c3ccc(C(CCC)C(=O)O)cc3)cc2)nc1. The van der Waals surface area contributed by atoms with E-state index in [9.17, 15) is 9.90 Å². The molecule has 0 saturated carbocycles. The number of unbranched alkanes of at least 4 members (excludes halogenated alkanes) is 2. The lowest BCUT2D eigenvalue weighted by Crippen LogP contribution is -2.11. The van der Waals surface area contributed by atoms with Gasteiger partial charge in [0.1, 0.15) is 0 Å². The molecule has 0 aliphatic heterocycles. The maximum Gasteiger partial charge on any atom is 0.310 e. The number of carbonyl (C=O) groups is 1. The molecule has 1 unspecified atom stereocenters. The summed E-state index contributed by atoms with van der Waals surface area (Å²) in [5, 5.41) is 9.45. The van der Waals surface area contributed by atoms with Gasteiger partial charge >= 0.3 is 5.97 Å². The second-order valence-corrected chi connectivity index (χ2v) is 7.89. The van der Waals surface area contributed by atoms with Gasteiger partial charge in [-0.25, -0.2) is 0 Å². The first-order chi connectivity index (χ1) is 14.6. The van der Waals surface area contributed by atoms with E-state index in [1.807, 2.05) is 37.4 Å². The number of aryl methyl sites for hydroxylation is 1. The third kappa shape index (κ3) is 5.56. The zero-order valence-corrected chi connectivity index (χ0v) is 18.0. The number of carboxylic acid groups (broad SMARTS) is 1. The Morgan fingerprint density at radius 2 is 1.47 bits per heavy atom. The van der Waals surface area contributed by atoms with Crippen molar-refractivity contribution in [1.29, 1.82) is 0 Å². The molecule has 0 fully saturated rings. The van der Waals surface area contributed by atoms with Gasteiger partial charge in [-0.3, -0.25) is 9.78 Å². The summed E-state index contributed by atoms with van der Waals surface area (Å²) in [5.74, 6) is -1.18. The molecule has 1 aromatic heterocycles. The number of benzene rings is 2. The molecule has 3 heteroatoms. The summed E-state index contributed by atoms with van der Waals surface area (Å²) in [6, 6.07) is 20.6. The maximum atomic E-state index is 11.5. The number of hydrogen-bond acceptors (Lipinski definition) is 2. The lowest BCUT2D eigenvalue weighted by molar-refractivity contribution is -0.139. The fourth-order valence-corrected chi connectivity index (χ4v) is 3.78. The van der Waals surface area contributed by atoms with E-state index < -0.39 is 11.9 Å². The number of aromatic nitrogens is 1. The third-order valence-corrected chi connectivity index (χ3v) is 5.60. The molecule has 0 aliphatic carbocycles. The number of hydrogen-bond donors (Lipinski definition) is 1. The van der Waals surface area contributed by atoms with Gasteiger partial charge in [-0.2, -0.15) is 0 Å². The van der Waals surface area contributed by atoms with Crippen LogP contribution in [0.2, 0.25) is 0 Å². The van der Waals surface area contributed by atoms with Gasteiger partial charge in [-0.1, -0.05) is 87.7 Å². The van der Waals surface area contributed by atoms with E-state index in [-0.39, 0.29) is 0 Å². The zero-order chi connectivity index (χ0) is 21.3. The van der Waals surface area contributed by atoms with Crippen LogP contribution in [0.3, 0.4) is 0 Å². The molecule has 1 atom stereocenters. The molecule has 0 spiro atoms. The van der Waals surface area contributed by atoms with Crippen molar-refractivity contribution in [2.45, 2.75) is 58.3 Å². The second-order valence-electron chi connectivity index (χ2n) is 7.89. The first-order valence-corrected chi connectivity index (χ1v) is 11.0. The monoisotopic (exact) mass is 401 g/mol. The predicted octanol–water partition coefficient (Wildman–Crippen LogP) is 7.12. The highest BCUT2D eigenvalue weighted by molar-refractivity contribution is 5.77. The average Bonchev–Trinajstić information content (AvgIpc) is 2.78. The van der Waals surface area contributed by atoms with E-state index in [1.54, 1.807) is 0 Å². The highest BCUT2D eigenvalue weighted by Crippen LogP contribution is 2.27. The van der Waals surface area contributed by atoms with Crippen molar-refractivity contribution in [3.05, 3.63) is 78.0 Å². The standard InChI is InChI=1S/C27H31NO2/c1-3-5-6-8-20-9-18-26(28-19-20)24-16-12-22(13-17-24)21-10-14-23(15-11-21)25(7-4-2)27(29)30/h9-19,25H,3-8H2,1-2H3,(H,29,30). The number of pyridine rings is 1. The Bertz CT molecular complexity index is 928. The van der Waals surface area contributed by atoms with Crippen molar-refractivity contribution in [1.82, 2.24) is 4.98 Å². The number of carboxylic acids is 1. The van der Waals surface area contributed by atoms with Gasteiger partial charge in [-0.15, -0.1) is 0 Å². The van der Waals surface area contributed by atoms with Crippen LogP contribution in [0.1, 0.15) is 63.0 Å². The third-order valence-electron chi connectivity index (χ3n) is 5.60. The minimum absolute atomic E-state index is 0.428. The van der Waals surface area contributed by atoms with E-state index in [1.165, 1.54) is 24.8 Å².